The maximum Gasteiger partial charge on any atom is 0.209 e. The van der Waals surface area contributed by atoms with Crippen LogP contribution in [0.2, 0.25) is 0 Å². The Labute approximate surface area is 198 Å². The van der Waals surface area contributed by atoms with E-state index in [1.807, 2.05) is 24.4 Å². The third kappa shape index (κ3) is 6.23. The fourth-order valence-electron chi connectivity index (χ4n) is 4.17. The summed E-state index contributed by atoms with van der Waals surface area (Å²) in [4.78, 5) is 19.4. The Bertz CT molecular complexity index is 1060. The molecular weight excluding hydrogens is 437 g/mol. The smallest absolute Gasteiger partial charge is 0.209 e. The van der Waals surface area contributed by atoms with Crippen LogP contribution in [-0.2, 0) is 0 Å². The molecular formula is C25H28FN5O3. The molecule has 1 fully saturated rings. The number of ketones is 1. The number of aliphatic imine (C=N–C) groups is 1. The van der Waals surface area contributed by atoms with Gasteiger partial charge in [0.15, 0.2) is 23.5 Å². The molecule has 8 nitrogen and oxygen atoms in total. The fourth-order valence-corrected chi connectivity index (χ4v) is 4.17. The van der Waals surface area contributed by atoms with Gasteiger partial charge in [-0.25, -0.2) is 4.39 Å². The molecule has 2 heterocycles. The van der Waals surface area contributed by atoms with Crippen molar-refractivity contribution in [2.75, 3.05) is 44.7 Å². The van der Waals surface area contributed by atoms with E-state index in [0.717, 1.165) is 44.6 Å². The van der Waals surface area contributed by atoms with Crippen molar-refractivity contribution in [2.24, 2.45) is 10.9 Å². The lowest BCUT2D eigenvalue weighted by atomic mass is 9.89. The number of hydrogen-bond acceptors (Lipinski definition) is 6. The predicted molar refractivity (Wildman–Crippen MR) is 127 cm³/mol. The third-order valence-corrected chi connectivity index (χ3v) is 5.97. The van der Waals surface area contributed by atoms with Crippen LogP contribution >= 0.6 is 0 Å². The van der Waals surface area contributed by atoms with Gasteiger partial charge in [-0.2, -0.15) is 5.26 Å². The molecule has 0 saturated carbocycles. The fraction of sp³-hybridized carbons (Fsp3) is 0.400. The van der Waals surface area contributed by atoms with Gasteiger partial charge in [0.1, 0.15) is 19.0 Å². The SMILES string of the molecule is N#CNC(=NCCCN1CCC(C(=O)c2ccc(F)cc2)CC1)Nc1ccc2c(c1)OCCO2. The number of likely N-dealkylation sites (tertiary alicyclic amines) is 1. The van der Waals surface area contributed by atoms with E-state index in [4.69, 9.17) is 14.7 Å². The highest BCUT2D eigenvalue weighted by atomic mass is 19.1. The largest absolute Gasteiger partial charge is 0.486 e. The van der Waals surface area contributed by atoms with Gasteiger partial charge in [-0.1, -0.05) is 0 Å². The first-order chi connectivity index (χ1) is 16.6. The monoisotopic (exact) mass is 465 g/mol. The van der Waals surface area contributed by atoms with Gasteiger partial charge in [0, 0.05) is 29.8 Å². The van der Waals surface area contributed by atoms with Crippen molar-refractivity contribution < 1.29 is 18.7 Å². The second kappa shape index (κ2) is 11.5. The number of rotatable bonds is 7. The molecule has 4 rings (SSSR count). The number of carbonyl (C=O) groups excluding carboxylic acids is 1. The minimum atomic E-state index is -0.330. The molecule has 178 valence electrons. The Morgan fingerprint density at radius 3 is 2.59 bits per heavy atom. The van der Waals surface area contributed by atoms with Gasteiger partial charge in [0.25, 0.3) is 0 Å². The van der Waals surface area contributed by atoms with Gasteiger partial charge in [-0.05, 0) is 75.3 Å². The Morgan fingerprint density at radius 2 is 1.85 bits per heavy atom. The third-order valence-electron chi connectivity index (χ3n) is 5.97. The summed E-state index contributed by atoms with van der Waals surface area (Å²) in [5.74, 6) is 1.50. The van der Waals surface area contributed by atoms with Crippen LogP contribution in [0, 0.1) is 23.2 Å². The maximum absolute atomic E-state index is 13.1. The number of halogens is 1. The van der Waals surface area contributed by atoms with Crippen LogP contribution < -0.4 is 20.1 Å². The van der Waals surface area contributed by atoms with Crippen LogP contribution in [0.1, 0.15) is 29.6 Å². The van der Waals surface area contributed by atoms with Crippen molar-refractivity contribution in [2.45, 2.75) is 19.3 Å². The van der Waals surface area contributed by atoms with Gasteiger partial charge in [-0.3, -0.25) is 15.1 Å². The van der Waals surface area contributed by atoms with Crippen molar-refractivity contribution in [1.29, 1.82) is 5.26 Å². The number of hydrogen-bond donors (Lipinski definition) is 2. The van der Waals surface area contributed by atoms with E-state index in [-0.39, 0.29) is 17.5 Å². The maximum atomic E-state index is 13.1. The highest BCUT2D eigenvalue weighted by Crippen LogP contribution is 2.32. The van der Waals surface area contributed by atoms with Crippen molar-refractivity contribution in [3.63, 3.8) is 0 Å². The zero-order chi connectivity index (χ0) is 23.8. The van der Waals surface area contributed by atoms with E-state index >= 15 is 0 Å². The molecule has 34 heavy (non-hydrogen) atoms. The van der Waals surface area contributed by atoms with Crippen molar-refractivity contribution in [3.05, 3.63) is 53.8 Å². The number of anilines is 1. The van der Waals surface area contributed by atoms with Gasteiger partial charge < -0.3 is 19.7 Å². The molecule has 0 atom stereocenters. The summed E-state index contributed by atoms with van der Waals surface area (Å²) >= 11 is 0. The number of nitrogens with one attached hydrogen (secondary N) is 2. The normalized spacial score (nSPS) is 16.5. The average molecular weight is 466 g/mol. The lowest BCUT2D eigenvalue weighted by Gasteiger charge is -2.31. The van der Waals surface area contributed by atoms with Crippen molar-refractivity contribution in [3.8, 4) is 17.7 Å². The van der Waals surface area contributed by atoms with E-state index < -0.39 is 0 Å². The first-order valence-corrected chi connectivity index (χ1v) is 11.5. The molecule has 2 N–H and O–H groups in total. The minimum Gasteiger partial charge on any atom is -0.486 e. The molecule has 2 aliphatic heterocycles. The molecule has 0 radical (unpaired) electrons. The number of nitrogens with zero attached hydrogens (tertiary/aromatic N) is 3. The molecule has 0 amide bonds. The molecule has 0 aliphatic carbocycles. The topological polar surface area (TPSA) is 99.0 Å². The summed E-state index contributed by atoms with van der Waals surface area (Å²) in [5, 5.41) is 14.7. The Morgan fingerprint density at radius 1 is 1.12 bits per heavy atom. The minimum absolute atomic E-state index is 0.0126. The number of guanidine groups is 1. The number of piperidine rings is 1. The summed E-state index contributed by atoms with van der Waals surface area (Å²) in [7, 11) is 0. The van der Waals surface area contributed by atoms with Crippen LogP contribution in [0.4, 0.5) is 10.1 Å². The number of Topliss-reactive ketones (excluding diaryl/α,β-unsaturated/α-hetero) is 1. The molecule has 2 aliphatic rings. The van der Waals surface area contributed by atoms with E-state index in [1.54, 1.807) is 12.1 Å². The second-order valence-corrected chi connectivity index (χ2v) is 8.29. The molecule has 2 aromatic rings. The van der Waals surface area contributed by atoms with Crippen molar-refractivity contribution >= 4 is 17.4 Å². The number of fused-ring (bicyclic) bond motifs is 1. The molecule has 0 bridgehead atoms. The van der Waals surface area contributed by atoms with E-state index in [1.165, 1.54) is 12.1 Å². The van der Waals surface area contributed by atoms with Crippen LogP contribution in [0.5, 0.6) is 11.5 Å². The van der Waals surface area contributed by atoms with Crippen molar-refractivity contribution in [1.82, 2.24) is 10.2 Å². The van der Waals surface area contributed by atoms with Crippen LogP contribution in [-0.4, -0.2) is 56.0 Å². The molecule has 1 saturated heterocycles. The number of carbonyl (C=O) groups is 1. The average Bonchev–Trinajstić information content (AvgIpc) is 2.87. The molecule has 0 spiro atoms. The van der Waals surface area contributed by atoms with Crippen LogP contribution in [0.15, 0.2) is 47.5 Å². The Hall–Kier alpha value is -3.64. The highest BCUT2D eigenvalue weighted by molar-refractivity contribution is 5.98. The van der Waals surface area contributed by atoms with E-state index in [0.29, 0.717) is 42.8 Å². The van der Waals surface area contributed by atoms with Crippen LogP contribution in [0.25, 0.3) is 0 Å². The summed E-state index contributed by atoms with van der Waals surface area (Å²) in [6.07, 6.45) is 4.34. The molecule has 9 heteroatoms. The van der Waals surface area contributed by atoms with E-state index in [9.17, 15) is 9.18 Å². The predicted octanol–water partition coefficient (Wildman–Crippen LogP) is 3.42. The van der Waals surface area contributed by atoms with Gasteiger partial charge in [0.2, 0.25) is 5.96 Å². The number of benzene rings is 2. The van der Waals surface area contributed by atoms with E-state index in [2.05, 4.69) is 20.5 Å². The molecule has 2 aromatic carbocycles. The highest BCUT2D eigenvalue weighted by Gasteiger charge is 2.25. The number of nitriles is 1. The number of ether oxygens (including phenoxy) is 2. The first-order valence-electron chi connectivity index (χ1n) is 11.5. The summed E-state index contributed by atoms with van der Waals surface area (Å²) in [6, 6.07) is 11.3. The molecule has 0 aromatic heterocycles. The summed E-state index contributed by atoms with van der Waals surface area (Å²) in [6.45, 7) is 4.15. The summed E-state index contributed by atoms with van der Waals surface area (Å²) in [5.41, 5.74) is 1.33. The quantitative estimate of drug-likeness (QED) is 0.161. The Balaban J connectivity index is 1.22. The molecule has 0 unspecified atom stereocenters. The summed E-state index contributed by atoms with van der Waals surface area (Å²) < 4.78 is 24.2. The van der Waals surface area contributed by atoms with Gasteiger partial charge in [-0.15, -0.1) is 0 Å². The second-order valence-electron chi connectivity index (χ2n) is 8.29. The van der Waals surface area contributed by atoms with Gasteiger partial charge >= 0.3 is 0 Å². The van der Waals surface area contributed by atoms with Gasteiger partial charge in [0.05, 0.1) is 0 Å². The first kappa shape index (κ1) is 23.5. The standard InChI is InChI=1S/C25H28FN5O3/c26-20-4-2-18(3-5-20)24(32)19-8-12-31(13-9-19)11-1-10-28-25(29-17-27)30-21-6-7-22-23(16-21)34-15-14-33-22/h2-7,16,19H,1,8-15H2,(H2,28,29,30). The lowest BCUT2D eigenvalue weighted by molar-refractivity contribution is 0.0840. The zero-order valence-corrected chi connectivity index (χ0v) is 18.9. The lowest BCUT2D eigenvalue weighted by Crippen LogP contribution is -2.37. The Kier molecular flexibility index (Phi) is 7.94. The zero-order valence-electron chi connectivity index (χ0n) is 18.9. The van der Waals surface area contributed by atoms with Crippen LogP contribution in [0.3, 0.4) is 0 Å².